The highest BCUT2D eigenvalue weighted by atomic mass is 14.3. The minimum absolute atomic E-state index is 1.21. The summed E-state index contributed by atoms with van der Waals surface area (Å²) in [5.41, 5.74) is 15.0. The summed E-state index contributed by atoms with van der Waals surface area (Å²) < 4.78 is 0. The van der Waals surface area contributed by atoms with Gasteiger partial charge in [-0.1, -0.05) is 255 Å². The maximum atomic E-state index is 2.56. The average Bonchev–Trinajstić information content (AvgIpc) is 3.48. The van der Waals surface area contributed by atoms with Crippen LogP contribution in [0.5, 0.6) is 0 Å². The van der Waals surface area contributed by atoms with Gasteiger partial charge in [-0.2, -0.15) is 0 Å². The van der Waals surface area contributed by atoms with Crippen LogP contribution in [0.4, 0.5) is 0 Å². The Kier molecular flexibility index (Phi) is 8.84. The molecule has 0 radical (unpaired) electrons. The van der Waals surface area contributed by atoms with E-state index in [0.29, 0.717) is 0 Å². The van der Waals surface area contributed by atoms with Gasteiger partial charge in [0.1, 0.15) is 0 Å². The normalized spacial score (nSPS) is 12.1. The van der Waals surface area contributed by atoms with Gasteiger partial charge in [0.25, 0.3) is 0 Å². The van der Waals surface area contributed by atoms with Crippen LogP contribution in [-0.4, -0.2) is 0 Å². The molecule has 0 amide bonds. The maximum absolute atomic E-state index is 2.56. The zero-order valence-corrected chi connectivity index (χ0v) is 40.4. The van der Waals surface area contributed by atoms with Gasteiger partial charge >= 0.3 is 0 Å². The fourth-order valence-electron chi connectivity index (χ4n) is 13.4. The molecule has 0 heterocycles. The predicted molar refractivity (Wildman–Crippen MR) is 319 cm³/mol. The second kappa shape index (κ2) is 15.9. The molecule has 16 aromatic carbocycles. The summed E-state index contributed by atoms with van der Waals surface area (Å²) >= 11 is 0. The van der Waals surface area contributed by atoms with E-state index >= 15 is 0 Å². The molecule has 340 valence electrons. The van der Waals surface area contributed by atoms with Gasteiger partial charge in [0.2, 0.25) is 0 Å². The van der Waals surface area contributed by atoms with Crippen LogP contribution in [0.2, 0.25) is 0 Å². The Morgan fingerprint density at radius 1 is 0.135 bits per heavy atom. The number of fused-ring (bicyclic) bond motifs is 4. The molecule has 0 aliphatic rings. The highest BCUT2D eigenvalue weighted by Gasteiger charge is 2.30. The molecule has 0 aliphatic heterocycles. The number of benzene rings is 16. The molecule has 0 fully saturated rings. The summed E-state index contributed by atoms with van der Waals surface area (Å²) in [5.74, 6) is 0. The third kappa shape index (κ3) is 5.74. The van der Waals surface area contributed by atoms with Crippen molar-refractivity contribution in [1.29, 1.82) is 0 Å². The number of hydrogen-bond donors (Lipinski definition) is 0. The molecule has 74 heavy (non-hydrogen) atoms. The zero-order chi connectivity index (χ0) is 48.4. The molecular formula is C74H44. The monoisotopic (exact) mass is 932 g/mol. The van der Waals surface area contributed by atoms with Gasteiger partial charge in [0.15, 0.2) is 0 Å². The van der Waals surface area contributed by atoms with Crippen LogP contribution in [-0.2, 0) is 0 Å². The molecule has 16 rings (SSSR count). The molecule has 16 aromatic rings. The van der Waals surface area contributed by atoms with Crippen LogP contribution in [0.15, 0.2) is 267 Å². The van der Waals surface area contributed by atoms with Crippen LogP contribution in [0.1, 0.15) is 0 Å². The second-order valence-corrected chi connectivity index (χ2v) is 20.0. The summed E-state index contributed by atoms with van der Waals surface area (Å²) in [4.78, 5) is 0. The molecule has 0 spiro atoms. The summed E-state index contributed by atoms with van der Waals surface area (Å²) in [6, 6.07) is 100. The maximum Gasteiger partial charge on any atom is -0.000695 e. The van der Waals surface area contributed by atoms with Crippen LogP contribution < -0.4 is 0 Å². The molecule has 0 bridgehead atoms. The van der Waals surface area contributed by atoms with E-state index in [1.54, 1.807) is 0 Å². The first-order valence-electron chi connectivity index (χ1n) is 25.8. The molecular weight excluding hydrogens is 889 g/mol. The first-order chi connectivity index (χ1) is 36.8. The van der Waals surface area contributed by atoms with E-state index in [-0.39, 0.29) is 0 Å². The van der Waals surface area contributed by atoms with Gasteiger partial charge in [0.05, 0.1) is 0 Å². The minimum Gasteiger partial charge on any atom is -0.0622 e. The lowest BCUT2D eigenvalue weighted by atomic mass is 9.75. The quantitative estimate of drug-likeness (QED) is 0.115. The Labute approximate surface area is 428 Å². The molecule has 0 unspecified atom stereocenters. The molecule has 0 nitrogen and oxygen atoms in total. The Bertz CT molecular complexity index is 4470. The predicted octanol–water partition coefficient (Wildman–Crippen LogP) is 20.9. The molecule has 0 saturated heterocycles. The Morgan fingerprint density at radius 2 is 0.365 bits per heavy atom. The van der Waals surface area contributed by atoms with Gasteiger partial charge in [-0.3, -0.25) is 0 Å². The fraction of sp³-hybridized carbons (Fsp3) is 0. The number of hydrogen-bond acceptors (Lipinski definition) is 0. The smallest absolute Gasteiger partial charge is 0.000695 e. The zero-order valence-electron chi connectivity index (χ0n) is 40.4. The Balaban J connectivity index is 1.19. The molecule has 0 N–H and O–H groups in total. The van der Waals surface area contributed by atoms with Crippen molar-refractivity contribution in [3.8, 4) is 66.8 Å². The summed E-state index contributed by atoms with van der Waals surface area (Å²) in [6.07, 6.45) is 0. The summed E-state index contributed by atoms with van der Waals surface area (Å²) in [5, 5.41) is 22.9. The number of rotatable bonds is 6. The standard InChI is InChI=1S/C74H44/c1-5-23-45(24-6-1)61-43-63-71(67-53-35-17-13-31-49(53)65(47-27-9-3-10-28-47)50-32-14-18-36-54(50)67)60-42-22-40-58-62(46-25-7-2-8-26-46)44-64-72(59-41-21-39-57(61)69(59)73(63)74(64)70(58)60)68-55-37-19-15-33-51(55)66(48-29-11-4-12-30-48)52-34-16-20-38-56(52)68/h1-44H. The van der Waals surface area contributed by atoms with Gasteiger partial charge < -0.3 is 0 Å². The van der Waals surface area contributed by atoms with E-state index in [1.807, 2.05) is 0 Å². The SMILES string of the molecule is c1ccc(-c2c3ccccc3c(-c3c4cccc5c(-c6ccccc6)cc6c(-c7c8ccccc8c(-c8ccccc8)c8ccccc78)c7cccc8c(-c9ccccc9)cc3c(c87)c6c54)c3ccccc23)cc1. The van der Waals surface area contributed by atoms with E-state index in [4.69, 9.17) is 0 Å². The van der Waals surface area contributed by atoms with Crippen molar-refractivity contribution < 1.29 is 0 Å². The van der Waals surface area contributed by atoms with Crippen molar-refractivity contribution in [3.63, 3.8) is 0 Å². The Hall–Kier alpha value is -9.62. The topological polar surface area (TPSA) is 0 Å². The van der Waals surface area contributed by atoms with Crippen molar-refractivity contribution >= 4 is 97.0 Å². The minimum atomic E-state index is 1.21. The lowest BCUT2D eigenvalue weighted by Crippen LogP contribution is -2.00. The van der Waals surface area contributed by atoms with Gasteiger partial charge in [-0.15, -0.1) is 0 Å². The van der Waals surface area contributed by atoms with Crippen molar-refractivity contribution in [3.05, 3.63) is 267 Å². The van der Waals surface area contributed by atoms with Gasteiger partial charge in [-0.05, 0) is 176 Å². The van der Waals surface area contributed by atoms with Crippen LogP contribution in [0.25, 0.3) is 164 Å². The lowest BCUT2D eigenvalue weighted by Gasteiger charge is -2.28. The van der Waals surface area contributed by atoms with Crippen LogP contribution in [0, 0.1) is 0 Å². The van der Waals surface area contributed by atoms with Crippen LogP contribution >= 0.6 is 0 Å². The van der Waals surface area contributed by atoms with E-state index in [0.717, 1.165) is 0 Å². The second-order valence-electron chi connectivity index (χ2n) is 20.0. The summed E-state index contributed by atoms with van der Waals surface area (Å²) in [7, 11) is 0. The summed E-state index contributed by atoms with van der Waals surface area (Å²) in [6.45, 7) is 0. The average molecular weight is 933 g/mol. The van der Waals surface area contributed by atoms with Crippen LogP contribution in [0.3, 0.4) is 0 Å². The lowest BCUT2D eigenvalue weighted by molar-refractivity contribution is 1.65. The molecule has 0 heteroatoms. The van der Waals surface area contributed by atoms with Crippen molar-refractivity contribution in [2.45, 2.75) is 0 Å². The van der Waals surface area contributed by atoms with E-state index in [9.17, 15) is 0 Å². The molecule has 0 aromatic heterocycles. The van der Waals surface area contributed by atoms with Gasteiger partial charge in [0, 0.05) is 0 Å². The van der Waals surface area contributed by atoms with E-state index in [2.05, 4.69) is 267 Å². The highest BCUT2D eigenvalue weighted by molar-refractivity contribution is 6.47. The molecule has 0 saturated carbocycles. The molecule has 0 atom stereocenters. The third-order valence-electron chi connectivity index (χ3n) is 16.3. The van der Waals surface area contributed by atoms with Crippen molar-refractivity contribution in [2.24, 2.45) is 0 Å². The van der Waals surface area contributed by atoms with E-state index in [1.165, 1.54) is 164 Å². The van der Waals surface area contributed by atoms with Crippen molar-refractivity contribution in [1.82, 2.24) is 0 Å². The van der Waals surface area contributed by atoms with Gasteiger partial charge in [-0.25, -0.2) is 0 Å². The first-order valence-corrected chi connectivity index (χ1v) is 25.8. The van der Waals surface area contributed by atoms with E-state index < -0.39 is 0 Å². The Morgan fingerprint density at radius 3 is 0.676 bits per heavy atom. The third-order valence-corrected chi connectivity index (χ3v) is 16.3. The first kappa shape index (κ1) is 41.0. The van der Waals surface area contributed by atoms with Crippen molar-refractivity contribution in [2.75, 3.05) is 0 Å². The highest BCUT2D eigenvalue weighted by Crippen LogP contribution is 2.58. The largest absolute Gasteiger partial charge is 0.0622 e. The fourth-order valence-corrected chi connectivity index (χ4v) is 13.4. The molecule has 0 aliphatic carbocycles.